The van der Waals surface area contributed by atoms with E-state index in [0.717, 1.165) is 0 Å². The lowest BCUT2D eigenvalue weighted by Crippen LogP contribution is -2.30. The molecule has 0 fully saturated rings. The van der Waals surface area contributed by atoms with Crippen LogP contribution in [0.2, 0.25) is 5.02 Å². The lowest BCUT2D eigenvalue weighted by molar-refractivity contribution is -0.605. The van der Waals surface area contributed by atoms with Crippen molar-refractivity contribution in [1.29, 1.82) is 0 Å². The van der Waals surface area contributed by atoms with E-state index in [9.17, 15) is 14.8 Å². The Labute approximate surface area is 131 Å². The summed E-state index contributed by atoms with van der Waals surface area (Å²) >= 11 is 5.82. The highest BCUT2D eigenvalue weighted by molar-refractivity contribution is 6.30. The van der Waals surface area contributed by atoms with Gasteiger partial charge in [0.25, 0.3) is 5.91 Å². The van der Waals surface area contributed by atoms with Crippen LogP contribution in [0.1, 0.15) is 17.3 Å². The van der Waals surface area contributed by atoms with Crippen LogP contribution in [0, 0.1) is 5.21 Å². The second-order valence-electron chi connectivity index (χ2n) is 4.49. The summed E-state index contributed by atoms with van der Waals surface area (Å²) in [6, 6.07) is 9.25. The van der Waals surface area contributed by atoms with Crippen LogP contribution in [0.3, 0.4) is 0 Å². The number of halogens is 1. The van der Waals surface area contributed by atoms with Crippen LogP contribution in [0.5, 0.6) is 0 Å². The van der Waals surface area contributed by atoms with Crippen molar-refractivity contribution < 1.29 is 19.1 Å². The minimum absolute atomic E-state index is 0.189. The Bertz CT molecular complexity index is 688. The van der Waals surface area contributed by atoms with Crippen molar-refractivity contribution in [1.82, 2.24) is 0 Å². The number of esters is 1. The second kappa shape index (κ2) is 6.91. The van der Waals surface area contributed by atoms with Crippen molar-refractivity contribution in [2.45, 2.75) is 13.0 Å². The molecule has 2 rings (SSSR count). The van der Waals surface area contributed by atoms with E-state index >= 15 is 0 Å². The standard InChI is InChI=1S/C15H13ClN2O4/c1-10(14(19)17-13-4-2-3-12(16)9-13)22-15(20)11-5-7-18(21)8-6-11/h2-10H,1H3,(H,17,19)/t10-/m1/s1. The second-order valence-corrected chi connectivity index (χ2v) is 4.93. The number of hydrogen-bond acceptors (Lipinski definition) is 4. The Hall–Kier alpha value is -2.60. The molecule has 0 spiro atoms. The van der Waals surface area contributed by atoms with E-state index in [0.29, 0.717) is 15.4 Å². The molecule has 6 nitrogen and oxygen atoms in total. The van der Waals surface area contributed by atoms with Gasteiger partial charge in [0.2, 0.25) is 0 Å². The molecular weight excluding hydrogens is 308 g/mol. The number of rotatable bonds is 4. The molecule has 0 bridgehead atoms. The third-order valence-electron chi connectivity index (χ3n) is 2.78. The van der Waals surface area contributed by atoms with Gasteiger partial charge in [0.05, 0.1) is 5.56 Å². The van der Waals surface area contributed by atoms with Crippen LogP contribution in [0.25, 0.3) is 0 Å². The number of carbonyl (C=O) groups is 2. The number of ether oxygens (including phenoxy) is 1. The van der Waals surface area contributed by atoms with Gasteiger partial charge in [-0.3, -0.25) is 4.79 Å². The summed E-state index contributed by atoms with van der Waals surface area (Å²) in [5, 5.41) is 14.0. The smallest absolute Gasteiger partial charge is 0.339 e. The van der Waals surface area contributed by atoms with Gasteiger partial charge >= 0.3 is 5.97 Å². The van der Waals surface area contributed by atoms with Crippen LogP contribution in [0.15, 0.2) is 48.8 Å². The largest absolute Gasteiger partial charge is 0.619 e. The van der Waals surface area contributed by atoms with E-state index < -0.39 is 18.0 Å². The fraction of sp³-hybridized carbons (Fsp3) is 0.133. The number of anilines is 1. The molecule has 1 amide bonds. The van der Waals surface area contributed by atoms with Crippen LogP contribution in [-0.2, 0) is 9.53 Å². The molecule has 22 heavy (non-hydrogen) atoms. The fourth-order valence-electron chi connectivity index (χ4n) is 1.64. The van der Waals surface area contributed by atoms with Gasteiger partial charge < -0.3 is 15.3 Å². The number of hydrogen-bond donors (Lipinski definition) is 1. The van der Waals surface area contributed by atoms with Crippen molar-refractivity contribution in [2.24, 2.45) is 0 Å². The van der Waals surface area contributed by atoms with Crippen molar-refractivity contribution in [3.05, 3.63) is 64.6 Å². The highest BCUT2D eigenvalue weighted by Gasteiger charge is 2.19. The lowest BCUT2D eigenvalue weighted by Gasteiger charge is -2.13. The maximum absolute atomic E-state index is 12.0. The molecule has 1 aromatic heterocycles. The van der Waals surface area contributed by atoms with Crippen LogP contribution >= 0.6 is 11.6 Å². The number of benzene rings is 1. The first-order valence-electron chi connectivity index (χ1n) is 6.42. The topological polar surface area (TPSA) is 82.3 Å². The summed E-state index contributed by atoms with van der Waals surface area (Å²) in [5.41, 5.74) is 0.696. The summed E-state index contributed by atoms with van der Waals surface area (Å²) in [7, 11) is 0. The maximum atomic E-state index is 12.0. The molecule has 0 saturated heterocycles. The van der Waals surface area contributed by atoms with Crippen LogP contribution in [0.4, 0.5) is 5.69 Å². The molecular formula is C15H13ClN2O4. The van der Waals surface area contributed by atoms with E-state index in [1.165, 1.54) is 31.5 Å². The summed E-state index contributed by atoms with van der Waals surface area (Å²) in [6.07, 6.45) is 1.35. The fourth-order valence-corrected chi connectivity index (χ4v) is 1.83. The molecule has 1 aromatic carbocycles. The third-order valence-corrected chi connectivity index (χ3v) is 3.02. The van der Waals surface area contributed by atoms with E-state index in [1.807, 2.05) is 0 Å². The van der Waals surface area contributed by atoms with E-state index in [-0.39, 0.29) is 5.56 Å². The Balaban J connectivity index is 1.96. The zero-order valence-corrected chi connectivity index (χ0v) is 12.4. The van der Waals surface area contributed by atoms with Gasteiger partial charge in [-0.05, 0) is 25.1 Å². The van der Waals surface area contributed by atoms with Gasteiger partial charge in [-0.1, -0.05) is 17.7 Å². The minimum atomic E-state index is -0.994. The summed E-state index contributed by atoms with van der Waals surface area (Å²) in [5.74, 6) is -1.17. The van der Waals surface area contributed by atoms with Gasteiger partial charge in [0, 0.05) is 22.8 Å². The zero-order chi connectivity index (χ0) is 16.1. The Morgan fingerprint density at radius 1 is 1.27 bits per heavy atom. The van der Waals surface area contributed by atoms with Gasteiger partial charge in [0.1, 0.15) is 0 Å². The number of carbonyl (C=O) groups excluding carboxylic acids is 2. The van der Waals surface area contributed by atoms with Crippen LogP contribution in [-0.4, -0.2) is 18.0 Å². The molecule has 0 aliphatic rings. The first-order valence-corrected chi connectivity index (χ1v) is 6.80. The Kier molecular flexibility index (Phi) is 4.95. The summed E-state index contributed by atoms with van der Waals surface area (Å²) < 4.78 is 5.59. The monoisotopic (exact) mass is 320 g/mol. The molecule has 1 heterocycles. The molecule has 0 saturated carbocycles. The van der Waals surface area contributed by atoms with Crippen molar-refractivity contribution in [3.8, 4) is 0 Å². The summed E-state index contributed by atoms with van der Waals surface area (Å²) in [4.78, 5) is 23.8. The van der Waals surface area contributed by atoms with E-state index in [4.69, 9.17) is 16.3 Å². The van der Waals surface area contributed by atoms with Crippen molar-refractivity contribution in [3.63, 3.8) is 0 Å². The van der Waals surface area contributed by atoms with Gasteiger partial charge in [-0.2, -0.15) is 4.73 Å². The SMILES string of the molecule is C[C@@H](OC(=O)c1cc[n+]([O-])cc1)C(=O)Nc1cccc(Cl)c1. The number of aromatic nitrogens is 1. The Morgan fingerprint density at radius 2 is 1.95 bits per heavy atom. The van der Waals surface area contributed by atoms with E-state index in [2.05, 4.69) is 5.32 Å². The van der Waals surface area contributed by atoms with Crippen molar-refractivity contribution >= 4 is 29.2 Å². The number of nitrogens with one attached hydrogen (secondary N) is 1. The average molecular weight is 321 g/mol. The van der Waals surface area contributed by atoms with Gasteiger partial charge in [-0.15, -0.1) is 0 Å². The number of amides is 1. The molecule has 1 atom stereocenters. The molecule has 0 unspecified atom stereocenters. The first-order chi connectivity index (χ1) is 10.5. The first kappa shape index (κ1) is 15.8. The molecule has 0 radical (unpaired) electrons. The third kappa shape index (κ3) is 4.20. The molecule has 2 aromatic rings. The molecule has 1 N–H and O–H groups in total. The van der Waals surface area contributed by atoms with Crippen molar-refractivity contribution in [2.75, 3.05) is 5.32 Å². The molecule has 0 aliphatic carbocycles. The normalized spacial score (nSPS) is 11.5. The Morgan fingerprint density at radius 3 is 2.59 bits per heavy atom. The highest BCUT2D eigenvalue weighted by atomic mass is 35.5. The lowest BCUT2D eigenvalue weighted by atomic mass is 10.2. The van der Waals surface area contributed by atoms with Gasteiger partial charge in [-0.25, -0.2) is 4.79 Å². The molecule has 114 valence electrons. The predicted molar refractivity (Wildman–Crippen MR) is 80.4 cm³/mol. The van der Waals surface area contributed by atoms with Crippen LogP contribution < -0.4 is 10.0 Å². The zero-order valence-electron chi connectivity index (χ0n) is 11.7. The number of nitrogens with zero attached hydrogens (tertiary/aromatic N) is 1. The molecule has 0 aliphatic heterocycles. The maximum Gasteiger partial charge on any atom is 0.339 e. The minimum Gasteiger partial charge on any atom is -0.619 e. The highest BCUT2D eigenvalue weighted by Crippen LogP contribution is 2.15. The number of pyridine rings is 1. The van der Waals surface area contributed by atoms with Gasteiger partial charge in [0.15, 0.2) is 18.5 Å². The molecule has 7 heteroatoms. The predicted octanol–water partition coefficient (Wildman–Crippen LogP) is 2.16. The quantitative estimate of drug-likeness (QED) is 0.531. The summed E-state index contributed by atoms with van der Waals surface area (Å²) in [6.45, 7) is 1.45. The average Bonchev–Trinajstić information content (AvgIpc) is 2.47. The van der Waals surface area contributed by atoms with E-state index in [1.54, 1.807) is 24.3 Å².